The fraction of sp³-hybridized carbons (Fsp3) is 0.105. The average Bonchev–Trinajstić information content (AvgIpc) is 2.65. The lowest BCUT2D eigenvalue weighted by Crippen LogP contribution is -2.03. The number of methoxy groups -OCH3 is 2. The molecule has 1 N–H and O–H groups in total. The minimum Gasteiger partial charge on any atom is -0.478 e. The number of aromatic carboxylic acids is 1. The molecule has 0 radical (unpaired) electrons. The predicted octanol–water partition coefficient (Wildman–Crippen LogP) is 3.02. The highest BCUT2D eigenvalue weighted by Gasteiger charge is 2.14. The van der Waals surface area contributed by atoms with Gasteiger partial charge in [0.2, 0.25) is 0 Å². The van der Waals surface area contributed by atoms with Crippen molar-refractivity contribution < 1.29 is 29.0 Å². The number of hydrogen-bond donors (Lipinski definition) is 1. The molecule has 0 bridgehead atoms. The number of hydrogen-bond acceptors (Lipinski definition) is 5. The van der Waals surface area contributed by atoms with Crippen LogP contribution in [0, 0.1) is 0 Å². The van der Waals surface area contributed by atoms with Crippen molar-refractivity contribution in [1.29, 1.82) is 0 Å². The number of rotatable bonds is 5. The van der Waals surface area contributed by atoms with Crippen LogP contribution in [0.25, 0.3) is 17.2 Å². The Hall–Kier alpha value is -3.41. The standard InChI is InChI=1S/C19H16O6/c1-24-17(20)11-10-15-14(4-3-5-16(15)18(21)22)12-6-8-13(9-7-12)19(23)25-2/h3-11H,1-2H3,(H,21,22)/b11-10+. The second kappa shape index (κ2) is 7.92. The van der Waals surface area contributed by atoms with Gasteiger partial charge < -0.3 is 14.6 Å². The van der Waals surface area contributed by atoms with Gasteiger partial charge in [-0.3, -0.25) is 0 Å². The van der Waals surface area contributed by atoms with Crippen LogP contribution in [0.15, 0.2) is 48.5 Å². The van der Waals surface area contributed by atoms with Gasteiger partial charge in [0.1, 0.15) is 0 Å². The van der Waals surface area contributed by atoms with Crippen molar-refractivity contribution in [3.05, 3.63) is 65.2 Å². The molecule has 2 rings (SSSR count). The van der Waals surface area contributed by atoms with Gasteiger partial charge in [-0.25, -0.2) is 14.4 Å². The monoisotopic (exact) mass is 340 g/mol. The summed E-state index contributed by atoms with van der Waals surface area (Å²) in [6.45, 7) is 0. The molecule has 0 atom stereocenters. The lowest BCUT2D eigenvalue weighted by Gasteiger charge is -2.10. The van der Waals surface area contributed by atoms with E-state index < -0.39 is 17.9 Å². The van der Waals surface area contributed by atoms with Crippen molar-refractivity contribution in [1.82, 2.24) is 0 Å². The van der Waals surface area contributed by atoms with Crippen LogP contribution in [0.2, 0.25) is 0 Å². The molecule has 0 heterocycles. The van der Waals surface area contributed by atoms with E-state index in [2.05, 4.69) is 9.47 Å². The fourth-order valence-corrected chi connectivity index (χ4v) is 2.31. The first-order chi connectivity index (χ1) is 12.0. The first kappa shape index (κ1) is 17.9. The number of carbonyl (C=O) groups is 3. The minimum atomic E-state index is -1.11. The van der Waals surface area contributed by atoms with Gasteiger partial charge in [0.15, 0.2) is 0 Å². The SMILES string of the molecule is COC(=O)/C=C/c1c(C(=O)O)cccc1-c1ccc(C(=O)OC)cc1. The lowest BCUT2D eigenvalue weighted by atomic mass is 9.94. The molecule has 128 valence electrons. The van der Waals surface area contributed by atoms with Crippen LogP contribution in [0.3, 0.4) is 0 Å². The Labute approximate surface area is 144 Å². The van der Waals surface area contributed by atoms with Crippen LogP contribution in [0.5, 0.6) is 0 Å². The summed E-state index contributed by atoms with van der Waals surface area (Å²) in [6.07, 6.45) is 2.56. The highest BCUT2D eigenvalue weighted by molar-refractivity contribution is 5.98. The van der Waals surface area contributed by atoms with Gasteiger partial charge in [-0.1, -0.05) is 24.3 Å². The third kappa shape index (κ3) is 4.11. The van der Waals surface area contributed by atoms with Crippen LogP contribution >= 0.6 is 0 Å². The third-order valence-corrected chi connectivity index (χ3v) is 3.54. The van der Waals surface area contributed by atoms with E-state index in [-0.39, 0.29) is 5.56 Å². The lowest BCUT2D eigenvalue weighted by molar-refractivity contribution is -0.134. The topological polar surface area (TPSA) is 89.9 Å². The molecular weight excluding hydrogens is 324 g/mol. The van der Waals surface area contributed by atoms with Crippen molar-refractivity contribution in [3.8, 4) is 11.1 Å². The number of carboxylic acid groups (broad SMARTS) is 1. The second-order valence-electron chi connectivity index (χ2n) is 5.00. The van der Waals surface area contributed by atoms with Crippen LogP contribution < -0.4 is 0 Å². The molecule has 0 unspecified atom stereocenters. The zero-order valence-electron chi connectivity index (χ0n) is 13.7. The highest BCUT2D eigenvalue weighted by Crippen LogP contribution is 2.28. The van der Waals surface area contributed by atoms with Gasteiger partial charge in [-0.2, -0.15) is 0 Å². The Morgan fingerprint density at radius 1 is 0.960 bits per heavy atom. The molecule has 0 fully saturated rings. The summed E-state index contributed by atoms with van der Waals surface area (Å²) in [5, 5.41) is 9.40. The van der Waals surface area contributed by atoms with Crippen molar-refractivity contribution in [2.24, 2.45) is 0 Å². The fourth-order valence-electron chi connectivity index (χ4n) is 2.31. The molecule has 0 aliphatic rings. The Bertz CT molecular complexity index is 833. The number of benzene rings is 2. The molecule has 25 heavy (non-hydrogen) atoms. The van der Waals surface area contributed by atoms with E-state index >= 15 is 0 Å². The Morgan fingerprint density at radius 2 is 1.64 bits per heavy atom. The number of carboxylic acids is 1. The van der Waals surface area contributed by atoms with E-state index in [4.69, 9.17) is 0 Å². The third-order valence-electron chi connectivity index (χ3n) is 3.54. The Balaban J connectivity index is 2.55. The van der Waals surface area contributed by atoms with E-state index in [1.807, 2.05) is 0 Å². The maximum absolute atomic E-state index is 11.5. The molecule has 0 aliphatic carbocycles. The molecular formula is C19H16O6. The smallest absolute Gasteiger partial charge is 0.337 e. The first-order valence-corrected chi connectivity index (χ1v) is 7.29. The van der Waals surface area contributed by atoms with Crippen molar-refractivity contribution in [3.63, 3.8) is 0 Å². The van der Waals surface area contributed by atoms with Gasteiger partial charge in [-0.05, 0) is 41.0 Å². The maximum Gasteiger partial charge on any atom is 0.337 e. The summed E-state index contributed by atoms with van der Waals surface area (Å²) in [5.74, 6) is -2.17. The summed E-state index contributed by atoms with van der Waals surface area (Å²) in [7, 11) is 2.53. The molecule has 0 saturated heterocycles. The van der Waals surface area contributed by atoms with Crippen LogP contribution in [0.4, 0.5) is 0 Å². The van der Waals surface area contributed by atoms with Gasteiger partial charge >= 0.3 is 17.9 Å². The van der Waals surface area contributed by atoms with Crippen LogP contribution in [0.1, 0.15) is 26.3 Å². The zero-order valence-corrected chi connectivity index (χ0v) is 13.7. The van der Waals surface area contributed by atoms with Gasteiger partial charge in [0, 0.05) is 6.08 Å². The predicted molar refractivity (Wildman–Crippen MR) is 91.2 cm³/mol. The van der Waals surface area contributed by atoms with E-state index in [1.165, 1.54) is 26.4 Å². The molecule has 0 aliphatic heterocycles. The van der Waals surface area contributed by atoms with E-state index in [9.17, 15) is 19.5 Å². The molecule has 0 spiro atoms. The van der Waals surface area contributed by atoms with E-state index in [1.54, 1.807) is 36.4 Å². The number of esters is 2. The molecule has 0 saturated carbocycles. The van der Waals surface area contributed by atoms with Gasteiger partial charge in [0.05, 0.1) is 25.3 Å². The summed E-state index contributed by atoms with van der Waals surface area (Å²) >= 11 is 0. The number of carbonyl (C=O) groups excluding carboxylic acids is 2. The Kier molecular flexibility index (Phi) is 5.68. The molecule has 0 aromatic heterocycles. The molecule has 2 aromatic rings. The molecule has 6 nitrogen and oxygen atoms in total. The first-order valence-electron chi connectivity index (χ1n) is 7.29. The van der Waals surface area contributed by atoms with Crippen molar-refractivity contribution in [2.45, 2.75) is 0 Å². The second-order valence-corrected chi connectivity index (χ2v) is 5.00. The van der Waals surface area contributed by atoms with Crippen molar-refractivity contribution >= 4 is 24.0 Å². The van der Waals surface area contributed by atoms with Crippen LogP contribution in [-0.2, 0) is 14.3 Å². The summed E-state index contributed by atoms with van der Waals surface area (Å²) in [6, 6.07) is 11.3. The minimum absolute atomic E-state index is 0.0506. The van der Waals surface area contributed by atoms with Gasteiger partial charge in [-0.15, -0.1) is 0 Å². The molecule has 6 heteroatoms. The normalized spacial score (nSPS) is 10.5. The largest absolute Gasteiger partial charge is 0.478 e. The Morgan fingerprint density at radius 3 is 2.20 bits per heavy atom. The molecule has 2 aromatic carbocycles. The molecule has 0 amide bonds. The highest BCUT2D eigenvalue weighted by atomic mass is 16.5. The summed E-state index contributed by atoms with van der Waals surface area (Å²) in [4.78, 5) is 34.4. The average molecular weight is 340 g/mol. The summed E-state index contributed by atoms with van der Waals surface area (Å²) < 4.78 is 9.20. The maximum atomic E-state index is 11.5. The zero-order chi connectivity index (χ0) is 18.4. The number of ether oxygens (including phenoxy) is 2. The summed E-state index contributed by atoms with van der Waals surface area (Å²) in [5.41, 5.74) is 2.10. The van der Waals surface area contributed by atoms with E-state index in [0.717, 1.165) is 6.08 Å². The van der Waals surface area contributed by atoms with Crippen LogP contribution in [-0.4, -0.2) is 37.2 Å². The van der Waals surface area contributed by atoms with E-state index in [0.29, 0.717) is 22.3 Å². The van der Waals surface area contributed by atoms with Gasteiger partial charge in [0.25, 0.3) is 0 Å². The van der Waals surface area contributed by atoms with Crippen molar-refractivity contribution in [2.75, 3.05) is 14.2 Å². The quantitative estimate of drug-likeness (QED) is 0.665.